The number of carbonyl (C=O) groups excluding carboxylic acids is 1. The SMILES string of the molecule is C[C@@H](C(=O)N(Cc1ccccc1[N+](=O)[O-])C1CC1)N1CCN(C)CC1. The Hall–Kier alpha value is -1.99. The van der Waals surface area contributed by atoms with E-state index in [1.807, 2.05) is 11.8 Å². The second-order valence-corrected chi connectivity index (χ2v) is 7.10. The van der Waals surface area contributed by atoms with Crippen molar-refractivity contribution in [3.05, 3.63) is 39.9 Å². The number of likely N-dealkylation sites (N-methyl/N-ethyl adjacent to an activating group) is 1. The molecule has 2 fully saturated rings. The molecule has 3 rings (SSSR count). The van der Waals surface area contributed by atoms with Crippen molar-refractivity contribution in [1.29, 1.82) is 0 Å². The molecule has 0 N–H and O–H groups in total. The number of amides is 1. The Balaban J connectivity index is 1.73. The molecule has 0 spiro atoms. The number of hydrogen-bond acceptors (Lipinski definition) is 5. The smallest absolute Gasteiger partial charge is 0.274 e. The fraction of sp³-hybridized carbons (Fsp3) is 0.611. The molecule has 7 nitrogen and oxygen atoms in total. The molecular formula is C18H26N4O3. The summed E-state index contributed by atoms with van der Waals surface area (Å²) in [4.78, 5) is 30.3. The topological polar surface area (TPSA) is 69.9 Å². The summed E-state index contributed by atoms with van der Waals surface area (Å²) in [5.41, 5.74) is 0.700. The van der Waals surface area contributed by atoms with Gasteiger partial charge in [0.05, 0.1) is 17.5 Å². The Morgan fingerprint density at radius 3 is 2.52 bits per heavy atom. The van der Waals surface area contributed by atoms with E-state index in [0.717, 1.165) is 39.0 Å². The van der Waals surface area contributed by atoms with Gasteiger partial charge in [0.1, 0.15) is 0 Å². The molecule has 1 aliphatic carbocycles. The number of piperazine rings is 1. The normalized spacial score (nSPS) is 20.2. The zero-order valence-electron chi connectivity index (χ0n) is 14.9. The van der Waals surface area contributed by atoms with Gasteiger partial charge in [0.25, 0.3) is 5.69 Å². The van der Waals surface area contributed by atoms with E-state index in [4.69, 9.17) is 0 Å². The van der Waals surface area contributed by atoms with Gasteiger partial charge < -0.3 is 9.80 Å². The Kier molecular flexibility index (Phi) is 5.34. The zero-order chi connectivity index (χ0) is 18.0. The fourth-order valence-electron chi connectivity index (χ4n) is 3.38. The van der Waals surface area contributed by atoms with Gasteiger partial charge >= 0.3 is 0 Å². The highest BCUT2D eigenvalue weighted by atomic mass is 16.6. The van der Waals surface area contributed by atoms with Crippen LogP contribution in [-0.2, 0) is 11.3 Å². The largest absolute Gasteiger partial charge is 0.334 e. The fourth-order valence-corrected chi connectivity index (χ4v) is 3.38. The van der Waals surface area contributed by atoms with Crippen LogP contribution in [0.15, 0.2) is 24.3 Å². The molecule has 1 saturated carbocycles. The maximum atomic E-state index is 13.1. The van der Waals surface area contributed by atoms with Gasteiger partial charge in [-0.05, 0) is 26.8 Å². The number of hydrogen-bond donors (Lipinski definition) is 0. The van der Waals surface area contributed by atoms with Crippen molar-refractivity contribution in [3.63, 3.8) is 0 Å². The lowest BCUT2D eigenvalue weighted by Crippen LogP contribution is -2.54. The van der Waals surface area contributed by atoms with Crippen LogP contribution in [0.3, 0.4) is 0 Å². The van der Waals surface area contributed by atoms with Crippen LogP contribution in [0.5, 0.6) is 0 Å². The standard InChI is InChI=1S/C18H26N4O3/c1-14(20-11-9-19(2)10-12-20)18(23)21(16-7-8-16)13-15-5-3-4-6-17(15)22(24)25/h3-6,14,16H,7-13H2,1-2H3/t14-/m0/s1. The van der Waals surface area contributed by atoms with Crippen LogP contribution in [0, 0.1) is 10.1 Å². The third-order valence-corrected chi connectivity index (χ3v) is 5.24. The molecule has 7 heteroatoms. The van der Waals surface area contributed by atoms with E-state index >= 15 is 0 Å². The molecule has 2 aliphatic rings. The molecule has 1 amide bonds. The summed E-state index contributed by atoms with van der Waals surface area (Å²) < 4.78 is 0. The summed E-state index contributed by atoms with van der Waals surface area (Å²) in [7, 11) is 2.09. The van der Waals surface area contributed by atoms with Crippen LogP contribution in [0.1, 0.15) is 25.3 Å². The quantitative estimate of drug-likeness (QED) is 0.579. The molecule has 1 heterocycles. The van der Waals surface area contributed by atoms with Crippen LogP contribution in [0.4, 0.5) is 5.69 Å². The van der Waals surface area contributed by atoms with E-state index < -0.39 is 0 Å². The molecule has 1 saturated heterocycles. The minimum Gasteiger partial charge on any atom is -0.334 e. The first-order valence-corrected chi connectivity index (χ1v) is 8.92. The van der Waals surface area contributed by atoms with E-state index in [1.54, 1.807) is 18.2 Å². The van der Waals surface area contributed by atoms with Gasteiger partial charge in [-0.1, -0.05) is 18.2 Å². The van der Waals surface area contributed by atoms with Gasteiger partial charge in [0.15, 0.2) is 0 Å². The van der Waals surface area contributed by atoms with Crippen molar-refractivity contribution in [3.8, 4) is 0 Å². The lowest BCUT2D eigenvalue weighted by Gasteiger charge is -2.37. The third-order valence-electron chi connectivity index (χ3n) is 5.24. The number of para-hydroxylation sites is 1. The first-order valence-electron chi connectivity index (χ1n) is 8.92. The monoisotopic (exact) mass is 346 g/mol. The van der Waals surface area contributed by atoms with Crippen molar-refractivity contribution in [2.75, 3.05) is 33.2 Å². The molecule has 1 aromatic carbocycles. The van der Waals surface area contributed by atoms with Gasteiger partial charge in [0, 0.05) is 43.9 Å². The highest BCUT2D eigenvalue weighted by Gasteiger charge is 2.37. The summed E-state index contributed by atoms with van der Waals surface area (Å²) in [5, 5.41) is 11.3. The Bertz CT molecular complexity index is 639. The van der Waals surface area contributed by atoms with Gasteiger partial charge in [-0.15, -0.1) is 0 Å². The molecule has 0 unspecified atom stereocenters. The van der Waals surface area contributed by atoms with Crippen molar-refractivity contribution in [1.82, 2.24) is 14.7 Å². The first-order chi connectivity index (χ1) is 12.0. The molecule has 0 radical (unpaired) electrons. The highest BCUT2D eigenvalue weighted by molar-refractivity contribution is 5.82. The number of nitro benzene ring substituents is 1. The maximum Gasteiger partial charge on any atom is 0.274 e. The number of nitrogens with zero attached hydrogens (tertiary/aromatic N) is 4. The first kappa shape index (κ1) is 17.8. The predicted molar refractivity (Wildman–Crippen MR) is 95.2 cm³/mol. The average molecular weight is 346 g/mol. The van der Waals surface area contributed by atoms with Gasteiger partial charge in [-0.3, -0.25) is 19.8 Å². The highest BCUT2D eigenvalue weighted by Crippen LogP contribution is 2.31. The Morgan fingerprint density at radius 1 is 1.28 bits per heavy atom. The van der Waals surface area contributed by atoms with Crippen molar-refractivity contribution in [2.24, 2.45) is 0 Å². The van der Waals surface area contributed by atoms with Crippen molar-refractivity contribution < 1.29 is 9.72 Å². The second-order valence-electron chi connectivity index (χ2n) is 7.10. The van der Waals surface area contributed by atoms with Crippen molar-refractivity contribution in [2.45, 2.75) is 38.4 Å². The van der Waals surface area contributed by atoms with Crippen molar-refractivity contribution >= 4 is 11.6 Å². The second kappa shape index (κ2) is 7.49. The van der Waals surface area contributed by atoms with E-state index in [1.165, 1.54) is 6.07 Å². The summed E-state index contributed by atoms with van der Waals surface area (Å²) in [6.07, 6.45) is 1.98. The Morgan fingerprint density at radius 2 is 1.92 bits per heavy atom. The molecule has 136 valence electrons. The molecule has 0 aromatic heterocycles. The lowest BCUT2D eigenvalue weighted by molar-refractivity contribution is -0.385. The zero-order valence-corrected chi connectivity index (χ0v) is 14.9. The molecule has 1 atom stereocenters. The summed E-state index contributed by atoms with van der Waals surface area (Å²) in [6, 6.07) is 6.76. The van der Waals surface area contributed by atoms with Crippen LogP contribution in [0.2, 0.25) is 0 Å². The van der Waals surface area contributed by atoms with E-state index in [0.29, 0.717) is 12.1 Å². The molecule has 0 bridgehead atoms. The number of rotatable bonds is 6. The maximum absolute atomic E-state index is 13.1. The number of nitro groups is 1. The molecule has 1 aromatic rings. The molecule has 25 heavy (non-hydrogen) atoms. The Labute approximate surface area is 148 Å². The molecule has 1 aliphatic heterocycles. The number of benzene rings is 1. The summed E-state index contributed by atoms with van der Waals surface area (Å²) in [5.74, 6) is 0.0882. The van der Waals surface area contributed by atoms with Crippen LogP contribution in [0.25, 0.3) is 0 Å². The van der Waals surface area contributed by atoms with Crippen LogP contribution >= 0.6 is 0 Å². The predicted octanol–water partition coefficient (Wildman–Crippen LogP) is 1.72. The minimum absolute atomic E-state index is 0.0882. The van der Waals surface area contributed by atoms with E-state index in [2.05, 4.69) is 16.8 Å². The summed E-state index contributed by atoms with van der Waals surface area (Å²) in [6.45, 7) is 5.97. The number of carbonyl (C=O) groups is 1. The summed E-state index contributed by atoms with van der Waals surface area (Å²) >= 11 is 0. The van der Waals surface area contributed by atoms with Gasteiger partial charge in [-0.2, -0.15) is 0 Å². The van der Waals surface area contributed by atoms with Crippen LogP contribution in [-0.4, -0.2) is 70.8 Å². The third kappa shape index (κ3) is 4.16. The minimum atomic E-state index is -0.366. The molecular weight excluding hydrogens is 320 g/mol. The van der Waals surface area contributed by atoms with Gasteiger partial charge in [0.2, 0.25) is 5.91 Å². The van der Waals surface area contributed by atoms with E-state index in [9.17, 15) is 14.9 Å². The van der Waals surface area contributed by atoms with Gasteiger partial charge in [-0.25, -0.2) is 0 Å². The lowest BCUT2D eigenvalue weighted by atomic mass is 10.1. The van der Waals surface area contributed by atoms with E-state index in [-0.39, 0.29) is 28.6 Å². The van der Waals surface area contributed by atoms with Crippen LogP contribution < -0.4 is 0 Å². The average Bonchev–Trinajstić information content (AvgIpc) is 3.44.